The van der Waals surface area contributed by atoms with Crippen molar-refractivity contribution in [1.29, 1.82) is 0 Å². The van der Waals surface area contributed by atoms with Crippen LogP contribution in [-0.4, -0.2) is 16.9 Å². The zero-order valence-electron chi connectivity index (χ0n) is 14.5. The van der Waals surface area contributed by atoms with Crippen molar-refractivity contribution in [2.45, 2.75) is 6.92 Å². The molecule has 0 aliphatic rings. The van der Waals surface area contributed by atoms with Crippen LogP contribution in [0.15, 0.2) is 65.1 Å². The molecule has 0 bridgehead atoms. The second-order valence-corrected chi connectivity index (χ2v) is 6.78. The third-order valence-corrected chi connectivity index (χ3v) is 4.33. The average molecular weight is 425 g/mol. The van der Waals surface area contributed by atoms with Crippen LogP contribution in [-0.2, 0) is 0 Å². The number of amides is 3. The Labute approximate surface area is 164 Å². The topological polar surface area (TPSA) is 97.1 Å². The molecule has 0 aliphatic heterocycles. The number of urea groups is 1. The molecule has 4 N–H and O–H groups in total. The van der Waals surface area contributed by atoms with Crippen molar-refractivity contribution in [2.75, 3.05) is 10.6 Å². The molecular formula is C20H17BrN4O2. The molecule has 0 saturated carbocycles. The molecule has 0 atom stereocenters. The number of benzene rings is 2. The number of rotatable bonds is 4. The van der Waals surface area contributed by atoms with E-state index in [1.165, 1.54) is 0 Å². The summed E-state index contributed by atoms with van der Waals surface area (Å²) in [6.07, 6.45) is 0. The third kappa shape index (κ3) is 4.71. The van der Waals surface area contributed by atoms with Crippen molar-refractivity contribution in [3.05, 3.63) is 76.4 Å². The Morgan fingerprint density at radius 1 is 0.963 bits per heavy atom. The van der Waals surface area contributed by atoms with Gasteiger partial charge in [0.1, 0.15) is 0 Å². The molecule has 3 aromatic rings. The summed E-state index contributed by atoms with van der Waals surface area (Å²) in [4.78, 5) is 28.1. The quantitative estimate of drug-likeness (QED) is 0.572. The zero-order valence-corrected chi connectivity index (χ0v) is 16.1. The Hall–Kier alpha value is -3.19. The molecular weight excluding hydrogens is 408 g/mol. The van der Waals surface area contributed by atoms with Crippen LogP contribution in [0.2, 0.25) is 0 Å². The van der Waals surface area contributed by atoms with E-state index in [-0.39, 0.29) is 5.91 Å². The number of halogens is 1. The average Bonchev–Trinajstić information content (AvgIpc) is 2.61. The van der Waals surface area contributed by atoms with E-state index in [9.17, 15) is 9.59 Å². The van der Waals surface area contributed by atoms with Crippen LogP contribution in [0.5, 0.6) is 0 Å². The summed E-state index contributed by atoms with van der Waals surface area (Å²) < 4.78 is 0.964. The number of nitrogens with one attached hydrogen (secondary N) is 2. The van der Waals surface area contributed by atoms with E-state index in [4.69, 9.17) is 5.73 Å². The van der Waals surface area contributed by atoms with Gasteiger partial charge in [0.25, 0.3) is 5.91 Å². The summed E-state index contributed by atoms with van der Waals surface area (Å²) in [6, 6.07) is 17.5. The number of aryl methyl sites for hydroxylation is 1. The minimum Gasteiger partial charge on any atom is -0.351 e. The van der Waals surface area contributed by atoms with Crippen LogP contribution in [0, 0.1) is 6.92 Å². The lowest BCUT2D eigenvalue weighted by Crippen LogP contribution is -2.19. The molecule has 0 fully saturated rings. The summed E-state index contributed by atoms with van der Waals surface area (Å²) in [5.41, 5.74) is 9.00. The van der Waals surface area contributed by atoms with E-state index >= 15 is 0 Å². The number of nitrogens with two attached hydrogens (primary N) is 1. The van der Waals surface area contributed by atoms with Gasteiger partial charge in [0.15, 0.2) is 0 Å². The second-order valence-electron chi connectivity index (χ2n) is 5.86. The van der Waals surface area contributed by atoms with Crippen LogP contribution >= 0.6 is 15.9 Å². The van der Waals surface area contributed by atoms with Gasteiger partial charge in [0.05, 0.1) is 17.0 Å². The first kappa shape index (κ1) is 18.6. The first-order chi connectivity index (χ1) is 12.9. The lowest BCUT2D eigenvalue weighted by atomic mass is 10.1. The Morgan fingerprint density at radius 2 is 1.67 bits per heavy atom. The van der Waals surface area contributed by atoms with Crippen LogP contribution in [0.3, 0.4) is 0 Å². The molecule has 136 valence electrons. The van der Waals surface area contributed by atoms with Crippen LogP contribution in [0.25, 0.3) is 11.3 Å². The molecule has 0 aliphatic carbocycles. The van der Waals surface area contributed by atoms with Gasteiger partial charge < -0.3 is 16.4 Å². The fourth-order valence-electron chi connectivity index (χ4n) is 2.63. The van der Waals surface area contributed by atoms with Gasteiger partial charge in [-0.05, 0) is 49.4 Å². The predicted octanol–water partition coefficient (Wildman–Crippen LogP) is 4.56. The van der Waals surface area contributed by atoms with Crippen LogP contribution < -0.4 is 16.4 Å². The molecule has 0 unspecified atom stereocenters. The molecule has 0 saturated heterocycles. The third-order valence-electron chi connectivity index (χ3n) is 3.84. The summed E-state index contributed by atoms with van der Waals surface area (Å²) in [7, 11) is 0. The largest absolute Gasteiger partial charge is 0.351 e. The van der Waals surface area contributed by atoms with Crippen LogP contribution in [0.1, 0.15) is 16.1 Å². The summed E-state index contributed by atoms with van der Waals surface area (Å²) in [5, 5.41) is 5.27. The van der Waals surface area contributed by atoms with Crippen molar-refractivity contribution in [3.8, 4) is 11.3 Å². The molecule has 2 aromatic carbocycles. The van der Waals surface area contributed by atoms with Gasteiger partial charge in [-0.25, -0.2) is 4.79 Å². The highest BCUT2D eigenvalue weighted by atomic mass is 79.9. The van der Waals surface area contributed by atoms with Gasteiger partial charge in [0, 0.05) is 21.4 Å². The standard InChI is InChI=1S/C20H17BrN4O2/c1-12-17(8-9-18(23-12)13-4-2-5-14(21)10-13)19(26)24-15-6-3-7-16(11-15)25-20(22)27/h2-11H,1H3,(H,24,26)(H3,22,25,27). The molecule has 7 heteroatoms. The molecule has 1 heterocycles. The number of aromatic nitrogens is 1. The van der Waals surface area contributed by atoms with Crippen molar-refractivity contribution >= 4 is 39.2 Å². The van der Waals surface area contributed by atoms with Crippen molar-refractivity contribution in [1.82, 2.24) is 4.98 Å². The highest BCUT2D eigenvalue weighted by molar-refractivity contribution is 9.10. The van der Waals surface area contributed by atoms with Crippen molar-refractivity contribution in [2.24, 2.45) is 5.73 Å². The monoisotopic (exact) mass is 424 g/mol. The van der Waals surface area contributed by atoms with E-state index < -0.39 is 6.03 Å². The Bertz CT molecular complexity index is 1020. The molecule has 6 nitrogen and oxygen atoms in total. The minimum absolute atomic E-state index is 0.281. The van der Waals surface area contributed by atoms with E-state index in [0.29, 0.717) is 22.6 Å². The SMILES string of the molecule is Cc1nc(-c2cccc(Br)c2)ccc1C(=O)Nc1cccc(NC(N)=O)c1. The summed E-state index contributed by atoms with van der Waals surface area (Å²) in [5.74, 6) is -0.281. The Morgan fingerprint density at radius 3 is 2.33 bits per heavy atom. The van der Waals surface area contributed by atoms with Gasteiger partial charge in [-0.3, -0.25) is 9.78 Å². The highest BCUT2D eigenvalue weighted by Gasteiger charge is 2.12. The summed E-state index contributed by atoms with van der Waals surface area (Å²) in [6.45, 7) is 1.79. The maximum absolute atomic E-state index is 12.6. The molecule has 0 radical (unpaired) electrons. The Balaban J connectivity index is 1.80. The highest BCUT2D eigenvalue weighted by Crippen LogP contribution is 2.23. The fraction of sp³-hybridized carbons (Fsp3) is 0.0500. The van der Waals surface area contributed by atoms with E-state index in [1.807, 2.05) is 30.3 Å². The molecule has 1 aromatic heterocycles. The lowest BCUT2D eigenvalue weighted by molar-refractivity contribution is 0.102. The smallest absolute Gasteiger partial charge is 0.316 e. The van der Waals surface area contributed by atoms with Gasteiger partial charge in [-0.15, -0.1) is 0 Å². The maximum Gasteiger partial charge on any atom is 0.316 e. The number of nitrogens with zero attached hydrogens (tertiary/aromatic N) is 1. The molecule has 0 spiro atoms. The van der Waals surface area contributed by atoms with Gasteiger partial charge in [-0.2, -0.15) is 0 Å². The number of primary amides is 1. The van der Waals surface area contributed by atoms with Gasteiger partial charge in [0.2, 0.25) is 0 Å². The maximum atomic E-state index is 12.6. The lowest BCUT2D eigenvalue weighted by Gasteiger charge is -2.10. The van der Waals surface area contributed by atoms with Crippen LogP contribution in [0.4, 0.5) is 16.2 Å². The first-order valence-electron chi connectivity index (χ1n) is 8.14. The number of hydrogen-bond donors (Lipinski definition) is 3. The zero-order chi connectivity index (χ0) is 19.4. The predicted molar refractivity (Wildman–Crippen MR) is 110 cm³/mol. The number of anilines is 2. The van der Waals surface area contributed by atoms with Crippen molar-refractivity contribution < 1.29 is 9.59 Å². The second kappa shape index (κ2) is 8.01. The first-order valence-corrected chi connectivity index (χ1v) is 8.93. The van der Waals surface area contributed by atoms with Gasteiger partial charge in [-0.1, -0.05) is 34.1 Å². The number of hydrogen-bond acceptors (Lipinski definition) is 3. The number of carbonyl (C=O) groups is 2. The van der Waals surface area contributed by atoms with Gasteiger partial charge >= 0.3 is 6.03 Å². The van der Waals surface area contributed by atoms with E-state index in [1.54, 1.807) is 37.3 Å². The fourth-order valence-corrected chi connectivity index (χ4v) is 3.02. The minimum atomic E-state index is -0.665. The number of pyridine rings is 1. The van der Waals surface area contributed by atoms with E-state index in [2.05, 4.69) is 31.5 Å². The normalized spacial score (nSPS) is 10.3. The summed E-state index contributed by atoms with van der Waals surface area (Å²) >= 11 is 3.45. The molecule has 3 rings (SSSR count). The number of carbonyl (C=O) groups excluding carboxylic acids is 2. The molecule has 27 heavy (non-hydrogen) atoms. The molecule has 3 amide bonds. The van der Waals surface area contributed by atoms with E-state index in [0.717, 1.165) is 15.7 Å². The Kier molecular flexibility index (Phi) is 5.52. The van der Waals surface area contributed by atoms with Crippen molar-refractivity contribution in [3.63, 3.8) is 0 Å².